The summed E-state index contributed by atoms with van der Waals surface area (Å²) in [4.78, 5) is 12.2. The first-order valence-electron chi connectivity index (χ1n) is 11.7. The molecule has 0 saturated heterocycles. The molecular formula is C27H23ClF4N2O3. The molecule has 2 aliphatic rings. The van der Waals surface area contributed by atoms with Gasteiger partial charge in [0.15, 0.2) is 17.2 Å². The van der Waals surface area contributed by atoms with Crippen molar-refractivity contribution in [2.45, 2.75) is 31.5 Å². The highest BCUT2D eigenvalue weighted by Gasteiger charge is 2.44. The topological polar surface area (TPSA) is 73.6 Å². The number of rotatable bonds is 9. The van der Waals surface area contributed by atoms with E-state index in [1.807, 2.05) is 30.3 Å². The van der Waals surface area contributed by atoms with Crippen LogP contribution in [0.5, 0.6) is 11.5 Å². The fourth-order valence-corrected chi connectivity index (χ4v) is 5.06. The normalized spacial score (nSPS) is 18.5. The van der Waals surface area contributed by atoms with Gasteiger partial charge in [-0.05, 0) is 43.0 Å². The number of primary amides is 1. The molecule has 1 aliphatic heterocycles. The van der Waals surface area contributed by atoms with Gasteiger partial charge in [-0.15, -0.1) is 0 Å². The molecule has 1 amide bonds. The van der Waals surface area contributed by atoms with Gasteiger partial charge >= 0.3 is 6.61 Å². The van der Waals surface area contributed by atoms with Crippen molar-refractivity contribution >= 4 is 17.5 Å². The zero-order chi connectivity index (χ0) is 26.3. The van der Waals surface area contributed by atoms with Gasteiger partial charge in [-0.1, -0.05) is 41.9 Å². The molecule has 1 fully saturated rings. The Hall–Kier alpha value is -3.30. The van der Waals surface area contributed by atoms with Crippen LogP contribution in [-0.2, 0) is 12.0 Å². The third-order valence-electron chi connectivity index (χ3n) is 6.73. The molecule has 0 aromatic heterocycles. The fraction of sp³-hybridized carbons (Fsp3) is 0.296. The van der Waals surface area contributed by atoms with E-state index in [-0.39, 0.29) is 23.3 Å². The van der Waals surface area contributed by atoms with E-state index in [1.54, 1.807) is 0 Å². The molecule has 3 aromatic carbocycles. The summed E-state index contributed by atoms with van der Waals surface area (Å²) >= 11 is 6.36. The first-order valence-corrected chi connectivity index (χ1v) is 12.1. The van der Waals surface area contributed by atoms with E-state index in [2.05, 4.69) is 10.1 Å². The molecule has 10 heteroatoms. The molecule has 1 heterocycles. The second-order valence-electron chi connectivity index (χ2n) is 9.28. The van der Waals surface area contributed by atoms with Crippen molar-refractivity contribution in [2.75, 3.05) is 13.1 Å². The summed E-state index contributed by atoms with van der Waals surface area (Å²) in [5.74, 6) is -3.43. The van der Waals surface area contributed by atoms with E-state index in [9.17, 15) is 13.6 Å². The smallest absolute Gasteiger partial charge is 0.387 e. The first kappa shape index (κ1) is 25.4. The number of hydrogen-bond donors (Lipinski definition) is 2. The van der Waals surface area contributed by atoms with Gasteiger partial charge in [-0.25, -0.2) is 8.78 Å². The van der Waals surface area contributed by atoms with Crippen LogP contribution in [0.1, 0.15) is 34.3 Å². The lowest BCUT2D eigenvalue weighted by atomic mass is 9.85. The van der Waals surface area contributed by atoms with E-state index < -0.39 is 46.1 Å². The summed E-state index contributed by atoms with van der Waals surface area (Å²) in [6.45, 7) is -2.19. The monoisotopic (exact) mass is 534 g/mol. The molecule has 194 valence electrons. The largest absolute Gasteiger partial charge is 0.480 e. The average molecular weight is 535 g/mol. The number of fused-ring (bicyclic) bond motifs is 1. The Bertz CT molecular complexity index is 1350. The summed E-state index contributed by atoms with van der Waals surface area (Å²) in [5, 5.41) is 2.93. The summed E-state index contributed by atoms with van der Waals surface area (Å²) in [6, 6.07) is 12.3. The molecule has 5 rings (SSSR count). The Kier molecular flexibility index (Phi) is 6.76. The zero-order valence-corrected chi connectivity index (χ0v) is 20.3. The van der Waals surface area contributed by atoms with Gasteiger partial charge in [0.1, 0.15) is 11.6 Å². The molecule has 1 saturated carbocycles. The van der Waals surface area contributed by atoms with Gasteiger partial charge < -0.3 is 20.5 Å². The molecule has 0 spiro atoms. The van der Waals surface area contributed by atoms with Gasteiger partial charge in [-0.2, -0.15) is 8.78 Å². The molecule has 0 unspecified atom stereocenters. The minimum Gasteiger partial charge on any atom is -0.480 e. The zero-order valence-electron chi connectivity index (χ0n) is 19.5. The molecule has 37 heavy (non-hydrogen) atoms. The molecule has 0 radical (unpaired) electrons. The lowest BCUT2D eigenvalue weighted by Crippen LogP contribution is -2.42. The number of alkyl halides is 2. The number of nitrogens with one attached hydrogen (secondary N) is 1. The maximum Gasteiger partial charge on any atom is 0.387 e. The highest BCUT2D eigenvalue weighted by Crippen LogP contribution is 2.50. The predicted octanol–water partition coefficient (Wildman–Crippen LogP) is 5.82. The van der Waals surface area contributed by atoms with Crippen LogP contribution in [0.2, 0.25) is 5.02 Å². The van der Waals surface area contributed by atoms with Crippen molar-refractivity contribution in [2.24, 2.45) is 11.7 Å². The summed E-state index contributed by atoms with van der Waals surface area (Å²) < 4.78 is 67.2. The molecule has 1 atom stereocenters. The second-order valence-corrected chi connectivity index (χ2v) is 9.66. The standard InChI is InChI=1S/C27H23ClF4N2O3/c28-23-18(29)10-20-17(21(23)22-16(25(33)35)8-9-19(24(22)30)36-26(31)32)11-27(37-20,13-34-12-14-6-7-14)15-4-2-1-3-5-15/h1-5,8-10,14,26,34H,6-7,11-13H2,(H2,33,35)/t27-/m1/s1. The Balaban J connectivity index is 1.67. The van der Waals surface area contributed by atoms with Crippen molar-refractivity contribution in [1.29, 1.82) is 0 Å². The van der Waals surface area contributed by atoms with Crippen molar-refractivity contribution in [3.05, 3.63) is 81.9 Å². The number of carbonyl (C=O) groups is 1. The quantitative estimate of drug-likeness (QED) is 0.340. The molecule has 1 aliphatic carbocycles. The van der Waals surface area contributed by atoms with Crippen LogP contribution in [0, 0.1) is 17.6 Å². The Morgan fingerprint density at radius 3 is 2.54 bits per heavy atom. The predicted molar refractivity (Wildman–Crippen MR) is 130 cm³/mol. The molecule has 5 nitrogen and oxygen atoms in total. The van der Waals surface area contributed by atoms with E-state index in [1.165, 1.54) is 0 Å². The number of halogens is 5. The van der Waals surface area contributed by atoms with Gasteiger partial charge in [0.25, 0.3) is 0 Å². The first-order chi connectivity index (χ1) is 17.7. The fourth-order valence-electron chi connectivity index (χ4n) is 4.80. The Morgan fingerprint density at radius 2 is 1.89 bits per heavy atom. The van der Waals surface area contributed by atoms with Crippen LogP contribution in [0.4, 0.5) is 17.6 Å². The Morgan fingerprint density at radius 1 is 1.16 bits per heavy atom. The highest BCUT2D eigenvalue weighted by atomic mass is 35.5. The van der Waals surface area contributed by atoms with Gasteiger partial charge in [0.05, 0.1) is 10.6 Å². The second kappa shape index (κ2) is 9.87. The van der Waals surface area contributed by atoms with Crippen LogP contribution in [-0.4, -0.2) is 25.6 Å². The third kappa shape index (κ3) is 4.85. The molecule has 3 N–H and O–H groups in total. The summed E-state index contributed by atoms with van der Waals surface area (Å²) in [7, 11) is 0. The van der Waals surface area contributed by atoms with Gasteiger partial charge in [0, 0.05) is 35.7 Å². The maximum absolute atomic E-state index is 15.6. The maximum atomic E-state index is 15.6. The summed E-state index contributed by atoms with van der Waals surface area (Å²) in [6.07, 6.45) is 2.42. The van der Waals surface area contributed by atoms with E-state index >= 15 is 8.78 Å². The minimum absolute atomic E-state index is 0.101. The SMILES string of the molecule is NC(=O)c1ccc(OC(F)F)c(F)c1-c1c(Cl)c(F)cc2c1C[C@@](CNCC1CC1)(c1ccccc1)O2. The van der Waals surface area contributed by atoms with Crippen LogP contribution < -0.4 is 20.5 Å². The van der Waals surface area contributed by atoms with Gasteiger partial charge in [-0.3, -0.25) is 4.79 Å². The van der Waals surface area contributed by atoms with E-state index in [0.717, 1.165) is 43.1 Å². The van der Waals surface area contributed by atoms with Crippen molar-refractivity contribution in [3.8, 4) is 22.6 Å². The van der Waals surface area contributed by atoms with Crippen LogP contribution in [0.25, 0.3) is 11.1 Å². The number of carbonyl (C=O) groups excluding carboxylic acids is 1. The van der Waals surface area contributed by atoms with Crippen molar-refractivity contribution in [3.63, 3.8) is 0 Å². The third-order valence-corrected chi connectivity index (χ3v) is 7.10. The molecular weight excluding hydrogens is 512 g/mol. The van der Waals surface area contributed by atoms with Crippen LogP contribution >= 0.6 is 11.6 Å². The number of ether oxygens (including phenoxy) is 2. The number of benzene rings is 3. The molecule has 0 bridgehead atoms. The van der Waals surface area contributed by atoms with Crippen molar-refractivity contribution < 1.29 is 31.8 Å². The lowest BCUT2D eigenvalue weighted by molar-refractivity contribution is -0.0521. The van der Waals surface area contributed by atoms with Crippen LogP contribution in [0.15, 0.2) is 48.5 Å². The van der Waals surface area contributed by atoms with Crippen molar-refractivity contribution in [1.82, 2.24) is 5.32 Å². The van der Waals surface area contributed by atoms with Gasteiger partial charge in [0.2, 0.25) is 5.91 Å². The van der Waals surface area contributed by atoms with E-state index in [0.29, 0.717) is 18.0 Å². The number of hydrogen-bond acceptors (Lipinski definition) is 4. The number of nitrogens with two attached hydrogens (primary N) is 1. The number of amides is 1. The minimum atomic E-state index is -3.33. The lowest BCUT2D eigenvalue weighted by Gasteiger charge is -2.30. The highest BCUT2D eigenvalue weighted by molar-refractivity contribution is 6.34. The summed E-state index contributed by atoms with van der Waals surface area (Å²) in [5.41, 5.74) is 4.52. The van der Waals surface area contributed by atoms with Crippen LogP contribution in [0.3, 0.4) is 0 Å². The van der Waals surface area contributed by atoms with E-state index in [4.69, 9.17) is 22.1 Å². The molecule has 3 aromatic rings. The average Bonchev–Trinajstić information content (AvgIpc) is 3.61. The Labute approximate surface area is 215 Å².